The molecule has 0 unspecified atom stereocenters. The van der Waals surface area contributed by atoms with E-state index in [1.54, 1.807) is 17.0 Å². The lowest BCUT2D eigenvalue weighted by Gasteiger charge is -2.34. The average Bonchev–Trinajstić information content (AvgIpc) is 2.55. The molecule has 1 aromatic rings. The molecule has 132 valence electrons. The first kappa shape index (κ1) is 18.2. The molecule has 0 aliphatic carbocycles. The summed E-state index contributed by atoms with van der Waals surface area (Å²) in [4.78, 5) is 42.8. The molecule has 0 spiro atoms. The molecule has 7 nitrogen and oxygen atoms in total. The third-order valence-electron chi connectivity index (χ3n) is 4.19. The molecule has 1 saturated heterocycles. The lowest BCUT2D eigenvalue weighted by molar-refractivity contribution is -0.122. The van der Waals surface area contributed by atoms with E-state index in [-0.39, 0.29) is 28.9 Å². The van der Waals surface area contributed by atoms with Crippen molar-refractivity contribution in [1.29, 1.82) is 0 Å². The van der Waals surface area contributed by atoms with Gasteiger partial charge in [-0.05, 0) is 25.0 Å². The van der Waals surface area contributed by atoms with Crippen LogP contribution in [0.15, 0.2) is 16.9 Å². The van der Waals surface area contributed by atoms with Crippen LogP contribution in [0.1, 0.15) is 42.7 Å². The summed E-state index contributed by atoms with van der Waals surface area (Å²) in [6.45, 7) is 9.12. The number of carbonyl (C=O) groups excluding carboxylic acids is 2. The summed E-state index contributed by atoms with van der Waals surface area (Å²) >= 11 is 0. The highest BCUT2D eigenvalue weighted by molar-refractivity contribution is 5.94. The number of nitrogens with zero attached hydrogens (tertiary/aromatic N) is 2. The maximum atomic E-state index is 12.5. The lowest BCUT2D eigenvalue weighted by atomic mass is 10.1. The number of nitrogens with one attached hydrogen (secondary N) is 2. The zero-order valence-electron chi connectivity index (χ0n) is 14.6. The summed E-state index contributed by atoms with van der Waals surface area (Å²) in [6.07, 6.45) is 0. The fraction of sp³-hybridized carbons (Fsp3) is 0.588. The Labute approximate surface area is 142 Å². The number of piperazine rings is 1. The summed E-state index contributed by atoms with van der Waals surface area (Å²) in [5, 5.41) is 2.77. The number of aromatic nitrogens is 1. The number of carbonyl (C=O) groups is 2. The van der Waals surface area contributed by atoms with Crippen molar-refractivity contribution in [2.45, 2.75) is 26.7 Å². The molecule has 2 amide bonds. The van der Waals surface area contributed by atoms with Gasteiger partial charge in [0.25, 0.3) is 11.5 Å². The Kier molecular flexibility index (Phi) is 6.14. The highest BCUT2D eigenvalue weighted by atomic mass is 16.2. The molecule has 1 fully saturated rings. The second-order valence-electron chi connectivity index (χ2n) is 6.33. The first-order valence-electron chi connectivity index (χ1n) is 8.44. The van der Waals surface area contributed by atoms with Crippen LogP contribution in [0.2, 0.25) is 0 Å². The van der Waals surface area contributed by atoms with Crippen LogP contribution in [0.4, 0.5) is 0 Å². The van der Waals surface area contributed by atoms with Crippen molar-refractivity contribution in [2.75, 3.05) is 39.3 Å². The van der Waals surface area contributed by atoms with E-state index in [0.717, 1.165) is 5.69 Å². The van der Waals surface area contributed by atoms with Crippen LogP contribution in [0.25, 0.3) is 0 Å². The van der Waals surface area contributed by atoms with Crippen LogP contribution >= 0.6 is 0 Å². The van der Waals surface area contributed by atoms with Crippen molar-refractivity contribution in [1.82, 2.24) is 20.1 Å². The standard InChI is InChI=1S/C17H26N4O3/c1-4-18-15(22)11-20-7-9-21(10-8-20)17(24)13-5-6-14(12(2)3)19-16(13)23/h5-6,12H,4,7-11H2,1-3H3,(H,18,22)(H,19,23). The fourth-order valence-corrected chi connectivity index (χ4v) is 2.73. The van der Waals surface area contributed by atoms with Gasteiger partial charge in [-0.3, -0.25) is 19.3 Å². The molecule has 2 rings (SSSR count). The van der Waals surface area contributed by atoms with Gasteiger partial charge in [0.1, 0.15) is 5.56 Å². The van der Waals surface area contributed by atoms with Gasteiger partial charge in [-0.25, -0.2) is 0 Å². The molecule has 2 heterocycles. The second-order valence-corrected chi connectivity index (χ2v) is 6.33. The van der Waals surface area contributed by atoms with E-state index < -0.39 is 0 Å². The first-order chi connectivity index (χ1) is 11.4. The molecule has 1 aromatic heterocycles. The predicted molar refractivity (Wildman–Crippen MR) is 92.2 cm³/mol. The Bertz CT molecular complexity index is 645. The zero-order valence-corrected chi connectivity index (χ0v) is 14.6. The third kappa shape index (κ3) is 4.44. The largest absolute Gasteiger partial charge is 0.355 e. The number of aromatic amines is 1. The van der Waals surface area contributed by atoms with Crippen LogP contribution in [0.5, 0.6) is 0 Å². The van der Waals surface area contributed by atoms with E-state index in [9.17, 15) is 14.4 Å². The monoisotopic (exact) mass is 334 g/mol. The number of pyridine rings is 1. The SMILES string of the molecule is CCNC(=O)CN1CCN(C(=O)c2ccc(C(C)C)[nH]c2=O)CC1. The van der Waals surface area contributed by atoms with Crippen molar-refractivity contribution < 1.29 is 9.59 Å². The van der Waals surface area contributed by atoms with Gasteiger partial charge in [0, 0.05) is 38.4 Å². The smallest absolute Gasteiger partial charge is 0.261 e. The van der Waals surface area contributed by atoms with Crippen molar-refractivity contribution in [3.05, 3.63) is 33.7 Å². The maximum Gasteiger partial charge on any atom is 0.261 e. The Balaban J connectivity index is 1.96. The van der Waals surface area contributed by atoms with Crippen molar-refractivity contribution in [3.8, 4) is 0 Å². The fourth-order valence-electron chi connectivity index (χ4n) is 2.73. The third-order valence-corrected chi connectivity index (χ3v) is 4.19. The van der Waals surface area contributed by atoms with E-state index in [4.69, 9.17) is 0 Å². The minimum absolute atomic E-state index is 0.00186. The molecule has 0 atom stereocenters. The Morgan fingerprint density at radius 3 is 2.42 bits per heavy atom. The second kappa shape index (κ2) is 8.10. The topological polar surface area (TPSA) is 85.5 Å². The number of H-pyrrole nitrogens is 1. The van der Waals surface area contributed by atoms with Crippen LogP contribution < -0.4 is 10.9 Å². The van der Waals surface area contributed by atoms with Gasteiger partial charge in [-0.15, -0.1) is 0 Å². The van der Waals surface area contributed by atoms with E-state index in [2.05, 4.69) is 10.3 Å². The van der Waals surface area contributed by atoms with Crippen molar-refractivity contribution in [3.63, 3.8) is 0 Å². The van der Waals surface area contributed by atoms with Gasteiger partial charge >= 0.3 is 0 Å². The number of amides is 2. The maximum absolute atomic E-state index is 12.5. The molecule has 1 aliphatic heterocycles. The minimum atomic E-state index is -0.337. The van der Waals surface area contributed by atoms with Crippen LogP contribution in [0.3, 0.4) is 0 Å². The van der Waals surface area contributed by atoms with E-state index in [1.165, 1.54) is 0 Å². The van der Waals surface area contributed by atoms with Gasteiger partial charge in [0.2, 0.25) is 5.91 Å². The van der Waals surface area contributed by atoms with E-state index in [1.807, 2.05) is 25.7 Å². The van der Waals surface area contributed by atoms with Gasteiger partial charge in [0.05, 0.1) is 6.54 Å². The molecule has 0 saturated carbocycles. The first-order valence-corrected chi connectivity index (χ1v) is 8.44. The summed E-state index contributed by atoms with van der Waals surface area (Å²) in [7, 11) is 0. The van der Waals surface area contributed by atoms with Gasteiger partial charge in [-0.2, -0.15) is 0 Å². The zero-order chi connectivity index (χ0) is 17.7. The normalized spacial score (nSPS) is 15.6. The van der Waals surface area contributed by atoms with Gasteiger partial charge < -0.3 is 15.2 Å². The molecule has 0 bridgehead atoms. The Hall–Kier alpha value is -2.15. The summed E-state index contributed by atoms with van der Waals surface area (Å²) in [6, 6.07) is 3.40. The van der Waals surface area contributed by atoms with Crippen LogP contribution in [-0.4, -0.2) is 65.9 Å². The Morgan fingerprint density at radius 1 is 1.21 bits per heavy atom. The highest BCUT2D eigenvalue weighted by Gasteiger charge is 2.24. The molecular formula is C17H26N4O3. The van der Waals surface area contributed by atoms with Crippen LogP contribution in [-0.2, 0) is 4.79 Å². The number of rotatable bonds is 5. The van der Waals surface area contributed by atoms with E-state index >= 15 is 0 Å². The van der Waals surface area contributed by atoms with Crippen molar-refractivity contribution >= 4 is 11.8 Å². The summed E-state index contributed by atoms with van der Waals surface area (Å²) in [5.74, 6) is -0.0399. The number of likely N-dealkylation sites (N-methyl/N-ethyl adjacent to an activating group) is 1. The molecule has 2 N–H and O–H groups in total. The highest BCUT2D eigenvalue weighted by Crippen LogP contribution is 2.11. The lowest BCUT2D eigenvalue weighted by Crippen LogP contribution is -2.51. The quantitative estimate of drug-likeness (QED) is 0.816. The summed E-state index contributed by atoms with van der Waals surface area (Å²) in [5.41, 5.74) is 0.663. The molecular weight excluding hydrogens is 308 g/mol. The molecule has 1 aliphatic rings. The van der Waals surface area contributed by atoms with E-state index in [0.29, 0.717) is 39.3 Å². The molecule has 0 radical (unpaired) electrons. The van der Waals surface area contributed by atoms with Gasteiger partial charge in [-0.1, -0.05) is 13.8 Å². The van der Waals surface area contributed by atoms with Crippen LogP contribution in [0, 0.1) is 0 Å². The average molecular weight is 334 g/mol. The molecule has 0 aromatic carbocycles. The predicted octanol–water partition coefficient (Wildman–Crippen LogP) is 0.392. The minimum Gasteiger partial charge on any atom is -0.355 e. The number of hydrogen-bond donors (Lipinski definition) is 2. The number of hydrogen-bond acceptors (Lipinski definition) is 4. The van der Waals surface area contributed by atoms with Crippen molar-refractivity contribution in [2.24, 2.45) is 0 Å². The molecule has 7 heteroatoms. The summed E-state index contributed by atoms with van der Waals surface area (Å²) < 4.78 is 0. The van der Waals surface area contributed by atoms with Gasteiger partial charge in [0.15, 0.2) is 0 Å². The molecule has 24 heavy (non-hydrogen) atoms. The Morgan fingerprint density at radius 2 is 1.88 bits per heavy atom.